The van der Waals surface area contributed by atoms with E-state index in [1.54, 1.807) is 13.8 Å². The standard InChI is InChI=1S/C25H42FP/c1-11-15-16-22(25(8,9)26)19-21(13-3)23(27(10)17-12-2)18-20(5)24(6,7)14-4/h13,18-19,23H,11,14-16H2,1-10H3/b20-18+,21-13-,22-19+. The number of unbranched alkanes of at least 4 members (excludes halogenated alkanes) is 1. The summed E-state index contributed by atoms with van der Waals surface area (Å²) in [6.45, 7) is 20.8. The second kappa shape index (κ2) is 11.9. The molecule has 27 heavy (non-hydrogen) atoms. The van der Waals surface area contributed by atoms with Crippen molar-refractivity contribution in [3.63, 3.8) is 0 Å². The predicted molar refractivity (Wildman–Crippen MR) is 124 cm³/mol. The van der Waals surface area contributed by atoms with E-state index >= 15 is 0 Å². The van der Waals surface area contributed by atoms with E-state index in [0.29, 0.717) is 0 Å². The number of allylic oxidation sites excluding steroid dienone is 6. The van der Waals surface area contributed by atoms with Crippen LogP contribution in [0.2, 0.25) is 0 Å². The SMILES string of the molecule is CC#CP(C)C(/C=C(\C)C(C)(C)CC)C(=C\C)/C=C(\CCCC)C(C)(C)F. The van der Waals surface area contributed by atoms with Gasteiger partial charge in [0.05, 0.1) is 0 Å². The molecule has 0 nitrogen and oxygen atoms in total. The van der Waals surface area contributed by atoms with Gasteiger partial charge in [0.1, 0.15) is 5.67 Å². The largest absolute Gasteiger partial charge is 0.240 e. The van der Waals surface area contributed by atoms with Gasteiger partial charge in [-0.25, -0.2) is 4.39 Å². The summed E-state index contributed by atoms with van der Waals surface area (Å²) in [5.41, 5.74) is 6.01. The summed E-state index contributed by atoms with van der Waals surface area (Å²) in [6.07, 6.45) is 10.7. The van der Waals surface area contributed by atoms with E-state index in [4.69, 9.17) is 0 Å². The van der Waals surface area contributed by atoms with Crippen LogP contribution in [0.25, 0.3) is 0 Å². The molecule has 0 N–H and O–H groups in total. The number of hydrogen-bond donors (Lipinski definition) is 0. The smallest absolute Gasteiger partial charge is 0.126 e. The molecule has 0 aromatic rings. The molecule has 0 heterocycles. The predicted octanol–water partition coefficient (Wildman–Crippen LogP) is 8.64. The first-order valence-corrected chi connectivity index (χ1v) is 12.2. The summed E-state index contributed by atoms with van der Waals surface area (Å²) < 4.78 is 14.9. The first-order valence-electron chi connectivity index (χ1n) is 10.3. The molecule has 0 spiro atoms. The summed E-state index contributed by atoms with van der Waals surface area (Å²) in [5.74, 6) is 3.10. The lowest BCUT2D eigenvalue weighted by Gasteiger charge is -2.28. The number of alkyl halides is 1. The first kappa shape index (κ1) is 26.1. The summed E-state index contributed by atoms with van der Waals surface area (Å²) in [4.78, 5) is 0. The van der Waals surface area contributed by atoms with Crippen LogP contribution >= 0.6 is 7.92 Å². The molecule has 0 bridgehead atoms. The molecule has 2 heteroatoms. The highest BCUT2D eigenvalue weighted by Crippen LogP contribution is 2.44. The highest BCUT2D eigenvalue weighted by Gasteiger charge is 2.25. The van der Waals surface area contributed by atoms with E-state index in [0.717, 1.165) is 31.3 Å². The maximum absolute atomic E-state index is 14.9. The Morgan fingerprint density at radius 1 is 1.19 bits per heavy atom. The Kier molecular flexibility index (Phi) is 11.5. The third-order valence-corrected chi connectivity index (χ3v) is 7.50. The van der Waals surface area contributed by atoms with Gasteiger partial charge in [0.15, 0.2) is 0 Å². The van der Waals surface area contributed by atoms with Gasteiger partial charge in [-0.05, 0) is 85.0 Å². The van der Waals surface area contributed by atoms with Crippen LogP contribution in [0.15, 0.2) is 34.9 Å². The van der Waals surface area contributed by atoms with Crippen LogP contribution in [0.4, 0.5) is 4.39 Å². The summed E-state index contributed by atoms with van der Waals surface area (Å²) in [7, 11) is -0.526. The van der Waals surface area contributed by atoms with Gasteiger partial charge in [-0.3, -0.25) is 0 Å². The fourth-order valence-electron chi connectivity index (χ4n) is 2.87. The molecule has 0 saturated heterocycles. The van der Waals surface area contributed by atoms with Gasteiger partial charge in [-0.15, -0.1) is 5.92 Å². The highest BCUT2D eigenvalue weighted by atomic mass is 31.1. The van der Waals surface area contributed by atoms with Gasteiger partial charge in [0.25, 0.3) is 0 Å². The number of rotatable bonds is 10. The Balaban J connectivity index is 6.22. The lowest BCUT2D eigenvalue weighted by Crippen LogP contribution is -2.18. The molecule has 0 aliphatic heterocycles. The summed E-state index contributed by atoms with van der Waals surface area (Å²) in [6, 6.07) is 0. The van der Waals surface area contributed by atoms with E-state index in [-0.39, 0.29) is 11.1 Å². The topological polar surface area (TPSA) is 0 Å². The van der Waals surface area contributed by atoms with Gasteiger partial charge in [-0.2, -0.15) is 0 Å². The molecule has 0 fully saturated rings. The highest BCUT2D eigenvalue weighted by molar-refractivity contribution is 7.63. The molecule has 2 atom stereocenters. The van der Waals surface area contributed by atoms with E-state index in [2.05, 4.69) is 78.0 Å². The van der Waals surface area contributed by atoms with E-state index in [1.807, 2.05) is 6.92 Å². The lowest BCUT2D eigenvalue weighted by molar-refractivity contribution is 0.260. The van der Waals surface area contributed by atoms with Crippen LogP contribution < -0.4 is 0 Å². The van der Waals surface area contributed by atoms with Gasteiger partial charge in [-0.1, -0.05) is 63.6 Å². The average molecular weight is 393 g/mol. The maximum Gasteiger partial charge on any atom is 0.126 e. The minimum absolute atomic E-state index is 0.168. The Hall–Kier alpha value is -0.860. The van der Waals surface area contributed by atoms with Crippen molar-refractivity contribution in [1.29, 1.82) is 0 Å². The van der Waals surface area contributed by atoms with Crippen molar-refractivity contribution < 1.29 is 4.39 Å². The van der Waals surface area contributed by atoms with E-state index < -0.39 is 13.6 Å². The Morgan fingerprint density at radius 3 is 2.19 bits per heavy atom. The second-order valence-electron chi connectivity index (χ2n) is 8.54. The molecule has 0 aromatic carbocycles. The molecule has 0 amide bonds. The molecule has 0 rings (SSSR count). The molecular weight excluding hydrogens is 350 g/mol. The number of halogens is 1. The third kappa shape index (κ3) is 8.79. The van der Waals surface area contributed by atoms with Crippen molar-refractivity contribution in [3.05, 3.63) is 34.9 Å². The van der Waals surface area contributed by atoms with Crippen LogP contribution in [0.1, 0.15) is 88.0 Å². The number of hydrogen-bond acceptors (Lipinski definition) is 0. The van der Waals surface area contributed by atoms with Gasteiger partial charge >= 0.3 is 0 Å². The fourth-order valence-corrected chi connectivity index (χ4v) is 4.48. The van der Waals surface area contributed by atoms with Crippen molar-refractivity contribution in [2.75, 3.05) is 6.66 Å². The molecule has 154 valence electrons. The van der Waals surface area contributed by atoms with Gasteiger partial charge in [0.2, 0.25) is 0 Å². The Labute approximate surface area is 170 Å². The minimum Gasteiger partial charge on any atom is -0.240 e. The van der Waals surface area contributed by atoms with Crippen molar-refractivity contribution in [2.45, 2.75) is 99.3 Å². The summed E-state index contributed by atoms with van der Waals surface area (Å²) in [5, 5.41) is 0. The molecular formula is C25H42FP. The normalized spacial score (nSPS) is 16.6. The van der Waals surface area contributed by atoms with Crippen LogP contribution in [-0.2, 0) is 0 Å². The second-order valence-corrected chi connectivity index (χ2v) is 10.5. The van der Waals surface area contributed by atoms with Crippen molar-refractivity contribution in [3.8, 4) is 11.6 Å². The maximum atomic E-state index is 14.9. The van der Waals surface area contributed by atoms with Crippen LogP contribution in [0.5, 0.6) is 0 Å². The zero-order valence-electron chi connectivity index (χ0n) is 19.5. The minimum atomic E-state index is -1.29. The monoisotopic (exact) mass is 392 g/mol. The fraction of sp³-hybridized carbons (Fsp3) is 0.680. The van der Waals surface area contributed by atoms with Crippen molar-refractivity contribution in [2.24, 2.45) is 5.41 Å². The van der Waals surface area contributed by atoms with Crippen LogP contribution in [0.3, 0.4) is 0 Å². The first-order chi connectivity index (χ1) is 12.4. The van der Waals surface area contributed by atoms with E-state index in [9.17, 15) is 4.39 Å². The van der Waals surface area contributed by atoms with Gasteiger partial charge < -0.3 is 0 Å². The Bertz CT molecular complexity index is 602. The lowest BCUT2D eigenvalue weighted by atomic mass is 9.81. The molecule has 0 aromatic heterocycles. The van der Waals surface area contributed by atoms with E-state index in [1.165, 1.54) is 11.1 Å². The summed E-state index contributed by atoms with van der Waals surface area (Å²) >= 11 is 0. The molecule has 0 aliphatic rings. The van der Waals surface area contributed by atoms with Crippen molar-refractivity contribution in [1.82, 2.24) is 0 Å². The van der Waals surface area contributed by atoms with Crippen LogP contribution in [-0.4, -0.2) is 18.0 Å². The molecule has 0 saturated carbocycles. The quantitative estimate of drug-likeness (QED) is 0.151. The third-order valence-electron chi connectivity index (χ3n) is 5.64. The van der Waals surface area contributed by atoms with Gasteiger partial charge in [0, 0.05) is 5.66 Å². The molecule has 0 aliphatic carbocycles. The van der Waals surface area contributed by atoms with Crippen LogP contribution in [0, 0.1) is 17.0 Å². The zero-order valence-corrected chi connectivity index (χ0v) is 20.4. The molecule has 0 radical (unpaired) electrons. The Morgan fingerprint density at radius 2 is 1.78 bits per heavy atom. The van der Waals surface area contributed by atoms with Crippen molar-refractivity contribution >= 4 is 7.92 Å². The molecule has 2 unspecified atom stereocenters. The average Bonchev–Trinajstić information content (AvgIpc) is 2.59. The zero-order chi connectivity index (χ0) is 21.3.